The molecular formula is C20H15BrClF3N2O3. The topological polar surface area (TPSA) is 71.2 Å². The first-order valence-electron chi connectivity index (χ1n) is 8.72. The summed E-state index contributed by atoms with van der Waals surface area (Å²) >= 11 is 9.22. The number of benzene rings is 2. The third kappa shape index (κ3) is 4.79. The van der Waals surface area contributed by atoms with Crippen LogP contribution >= 0.6 is 27.5 Å². The number of aromatic amines is 1. The number of amides is 1. The van der Waals surface area contributed by atoms with Gasteiger partial charge in [-0.2, -0.15) is 13.2 Å². The molecule has 10 heteroatoms. The zero-order chi connectivity index (χ0) is 22.1. The third-order valence-corrected chi connectivity index (χ3v) is 5.04. The Labute approximate surface area is 182 Å². The van der Waals surface area contributed by atoms with Crippen molar-refractivity contribution in [2.24, 2.45) is 0 Å². The van der Waals surface area contributed by atoms with E-state index in [2.05, 4.69) is 20.9 Å². The minimum atomic E-state index is -4.71. The summed E-state index contributed by atoms with van der Waals surface area (Å²) in [7, 11) is 0. The van der Waals surface area contributed by atoms with Crippen molar-refractivity contribution in [3.8, 4) is 0 Å². The maximum Gasteiger partial charge on any atom is 0.412 e. The first-order chi connectivity index (χ1) is 14.1. The second-order valence-corrected chi connectivity index (χ2v) is 7.65. The van der Waals surface area contributed by atoms with Crippen LogP contribution in [0.15, 0.2) is 46.9 Å². The van der Waals surface area contributed by atoms with Crippen molar-refractivity contribution < 1.29 is 27.5 Å². The Kier molecular flexibility index (Phi) is 6.42. The highest BCUT2D eigenvalue weighted by Crippen LogP contribution is 2.34. The normalized spacial score (nSPS) is 12.6. The van der Waals surface area contributed by atoms with Crippen molar-refractivity contribution in [3.63, 3.8) is 0 Å². The van der Waals surface area contributed by atoms with Crippen molar-refractivity contribution in [2.75, 3.05) is 6.61 Å². The van der Waals surface area contributed by atoms with E-state index in [-0.39, 0.29) is 28.5 Å². The Morgan fingerprint density at radius 1 is 1.23 bits per heavy atom. The van der Waals surface area contributed by atoms with Gasteiger partial charge in [-0.15, -0.1) is 0 Å². The van der Waals surface area contributed by atoms with Gasteiger partial charge in [0.2, 0.25) is 0 Å². The van der Waals surface area contributed by atoms with Gasteiger partial charge in [-0.05, 0) is 42.8 Å². The molecule has 1 atom stereocenters. The molecular weight excluding hydrogens is 489 g/mol. The van der Waals surface area contributed by atoms with Crippen LogP contribution in [0.25, 0.3) is 10.9 Å². The van der Waals surface area contributed by atoms with E-state index in [0.717, 1.165) is 0 Å². The van der Waals surface area contributed by atoms with Gasteiger partial charge in [0, 0.05) is 15.4 Å². The molecule has 0 spiro atoms. The molecule has 0 saturated heterocycles. The van der Waals surface area contributed by atoms with Crippen LogP contribution in [0.1, 0.15) is 39.4 Å². The number of H-pyrrole nitrogens is 1. The Morgan fingerprint density at radius 2 is 1.97 bits per heavy atom. The average Bonchev–Trinajstić information content (AvgIpc) is 3.07. The predicted molar refractivity (Wildman–Crippen MR) is 110 cm³/mol. The number of aromatic nitrogens is 1. The quantitative estimate of drug-likeness (QED) is 0.433. The van der Waals surface area contributed by atoms with Crippen molar-refractivity contribution in [3.05, 3.63) is 68.8 Å². The van der Waals surface area contributed by atoms with Gasteiger partial charge in [-0.1, -0.05) is 39.7 Å². The van der Waals surface area contributed by atoms with Crippen LogP contribution in [0.3, 0.4) is 0 Å². The molecule has 3 aromatic rings. The smallest absolute Gasteiger partial charge is 0.412 e. The second kappa shape index (κ2) is 8.69. The fourth-order valence-corrected chi connectivity index (χ4v) is 3.55. The second-order valence-electron chi connectivity index (χ2n) is 6.33. The molecule has 1 aromatic heterocycles. The summed E-state index contributed by atoms with van der Waals surface area (Å²) < 4.78 is 46.1. The number of rotatable bonds is 5. The van der Waals surface area contributed by atoms with Crippen molar-refractivity contribution in [2.45, 2.75) is 19.1 Å². The molecule has 1 heterocycles. The van der Waals surface area contributed by atoms with E-state index in [1.165, 1.54) is 36.4 Å². The number of esters is 1. The van der Waals surface area contributed by atoms with E-state index < -0.39 is 24.1 Å². The fourth-order valence-electron chi connectivity index (χ4n) is 2.89. The van der Waals surface area contributed by atoms with Gasteiger partial charge < -0.3 is 15.0 Å². The minimum absolute atomic E-state index is 0.0945. The SMILES string of the molecule is CCOC(=O)c1cc2cc(C(=O)NC(c3cccc(Br)c3)C(F)(F)F)[nH]c2cc1Cl. The zero-order valence-electron chi connectivity index (χ0n) is 15.4. The third-order valence-electron chi connectivity index (χ3n) is 4.23. The van der Waals surface area contributed by atoms with Crippen LogP contribution in [-0.4, -0.2) is 29.6 Å². The molecule has 1 unspecified atom stereocenters. The maximum absolute atomic E-state index is 13.6. The largest absolute Gasteiger partial charge is 0.462 e. The molecule has 0 radical (unpaired) electrons. The van der Waals surface area contributed by atoms with Gasteiger partial charge in [-0.3, -0.25) is 4.79 Å². The van der Waals surface area contributed by atoms with E-state index in [0.29, 0.717) is 15.4 Å². The molecule has 0 aliphatic carbocycles. The summed E-state index contributed by atoms with van der Waals surface area (Å²) in [6, 6.07) is 7.57. The number of fused-ring (bicyclic) bond motifs is 1. The van der Waals surface area contributed by atoms with Gasteiger partial charge in [0.15, 0.2) is 6.04 Å². The van der Waals surface area contributed by atoms with Crippen LogP contribution in [0.5, 0.6) is 0 Å². The van der Waals surface area contributed by atoms with E-state index in [4.69, 9.17) is 16.3 Å². The van der Waals surface area contributed by atoms with Crippen molar-refractivity contribution >= 4 is 50.3 Å². The summed E-state index contributed by atoms with van der Waals surface area (Å²) in [5, 5.41) is 2.53. The first kappa shape index (κ1) is 22.2. The Hall–Kier alpha value is -2.52. The number of hydrogen-bond acceptors (Lipinski definition) is 3. The molecule has 158 valence electrons. The molecule has 1 amide bonds. The highest BCUT2D eigenvalue weighted by molar-refractivity contribution is 9.10. The van der Waals surface area contributed by atoms with Crippen molar-refractivity contribution in [1.29, 1.82) is 0 Å². The summed E-state index contributed by atoms with van der Waals surface area (Å²) in [5.74, 6) is -1.59. The lowest BCUT2D eigenvalue weighted by Crippen LogP contribution is -2.38. The van der Waals surface area contributed by atoms with Crippen LogP contribution in [0.2, 0.25) is 5.02 Å². The molecule has 0 fully saturated rings. The number of hydrogen-bond donors (Lipinski definition) is 2. The summed E-state index contributed by atoms with van der Waals surface area (Å²) in [6.45, 7) is 1.80. The molecule has 30 heavy (non-hydrogen) atoms. The van der Waals surface area contributed by atoms with Crippen molar-refractivity contribution in [1.82, 2.24) is 10.3 Å². The van der Waals surface area contributed by atoms with Gasteiger partial charge in [-0.25, -0.2) is 4.79 Å². The van der Waals surface area contributed by atoms with Gasteiger partial charge >= 0.3 is 12.1 Å². The van der Waals surface area contributed by atoms with Gasteiger partial charge in [0.05, 0.1) is 17.2 Å². The Morgan fingerprint density at radius 3 is 2.60 bits per heavy atom. The number of halogens is 5. The number of alkyl halides is 3. The van der Waals surface area contributed by atoms with E-state index in [1.807, 2.05) is 5.32 Å². The molecule has 0 aliphatic heterocycles. The standard InChI is InChI=1S/C20H15BrClF3N2O3/c1-2-30-19(29)13-7-11-8-16(26-15(11)9-14(13)22)18(28)27-17(20(23,24)25)10-4-3-5-12(21)6-10/h3-9,17,26H,2H2,1H3,(H,27,28). The molecule has 0 saturated carbocycles. The van der Waals surface area contributed by atoms with E-state index >= 15 is 0 Å². The maximum atomic E-state index is 13.6. The lowest BCUT2D eigenvalue weighted by molar-refractivity contribution is -0.155. The Bertz CT molecular complexity index is 1110. The van der Waals surface area contributed by atoms with E-state index in [9.17, 15) is 22.8 Å². The molecule has 2 aromatic carbocycles. The monoisotopic (exact) mass is 502 g/mol. The summed E-state index contributed by atoms with van der Waals surface area (Å²) in [5.41, 5.74) is 0.267. The Balaban J connectivity index is 1.92. The average molecular weight is 504 g/mol. The van der Waals surface area contributed by atoms with Gasteiger partial charge in [0.25, 0.3) is 5.91 Å². The molecule has 5 nitrogen and oxygen atoms in total. The first-order valence-corrected chi connectivity index (χ1v) is 9.89. The fraction of sp³-hybridized carbons (Fsp3) is 0.200. The predicted octanol–water partition coefficient (Wildman–Crippen LogP) is 5.79. The summed E-state index contributed by atoms with van der Waals surface area (Å²) in [6.07, 6.45) is -4.71. The summed E-state index contributed by atoms with van der Waals surface area (Å²) in [4.78, 5) is 27.3. The molecule has 0 bridgehead atoms. The minimum Gasteiger partial charge on any atom is -0.462 e. The molecule has 2 N–H and O–H groups in total. The van der Waals surface area contributed by atoms with Crippen LogP contribution in [-0.2, 0) is 4.74 Å². The van der Waals surface area contributed by atoms with Crippen LogP contribution < -0.4 is 5.32 Å². The van der Waals surface area contributed by atoms with Gasteiger partial charge in [0.1, 0.15) is 5.69 Å². The lowest BCUT2D eigenvalue weighted by Gasteiger charge is -2.22. The zero-order valence-corrected chi connectivity index (χ0v) is 17.8. The number of nitrogens with one attached hydrogen (secondary N) is 2. The van der Waals surface area contributed by atoms with Crippen LogP contribution in [0, 0.1) is 0 Å². The molecule has 3 rings (SSSR count). The van der Waals surface area contributed by atoms with E-state index in [1.54, 1.807) is 13.0 Å². The highest BCUT2D eigenvalue weighted by atomic mass is 79.9. The lowest BCUT2D eigenvalue weighted by atomic mass is 10.1. The highest BCUT2D eigenvalue weighted by Gasteiger charge is 2.42. The number of carbonyl (C=O) groups is 2. The molecule has 0 aliphatic rings. The number of ether oxygens (including phenoxy) is 1. The van der Waals surface area contributed by atoms with Crippen LogP contribution in [0.4, 0.5) is 13.2 Å². The number of carbonyl (C=O) groups excluding carboxylic acids is 2.